The van der Waals surface area contributed by atoms with E-state index in [1.807, 2.05) is 35.8 Å². The third-order valence-corrected chi connectivity index (χ3v) is 2.39. The second-order valence-electron chi connectivity index (χ2n) is 3.71. The molecule has 0 bridgehead atoms. The molecular formula is C13H13N2O+. The molecule has 0 saturated carbocycles. The SMILES string of the molecule is Cc1ccc(C(=O)C[n+]2ccncc2)cc1. The number of benzene rings is 1. The molecule has 0 radical (unpaired) electrons. The van der Waals surface area contributed by atoms with Crippen molar-refractivity contribution in [2.24, 2.45) is 0 Å². The van der Waals surface area contributed by atoms with Crippen molar-refractivity contribution < 1.29 is 9.36 Å². The molecule has 0 spiro atoms. The van der Waals surface area contributed by atoms with E-state index in [-0.39, 0.29) is 5.78 Å². The molecule has 2 aromatic rings. The van der Waals surface area contributed by atoms with Gasteiger partial charge in [0, 0.05) is 5.56 Å². The summed E-state index contributed by atoms with van der Waals surface area (Å²) < 4.78 is 1.81. The van der Waals surface area contributed by atoms with E-state index in [4.69, 9.17) is 0 Å². The zero-order valence-electron chi connectivity index (χ0n) is 9.13. The fourth-order valence-corrected chi connectivity index (χ4v) is 1.45. The monoisotopic (exact) mass is 213 g/mol. The van der Waals surface area contributed by atoms with Crippen LogP contribution in [0, 0.1) is 6.92 Å². The molecule has 1 heterocycles. The molecule has 0 amide bonds. The number of aromatic nitrogens is 2. The van der Waals surface area contributed by atoms with Crippen LogP contribution >= 0.6 is 0 Å². The van der Waals surface area contributed by atoms with Gasteiger partial charge in [0.05, 0.1) is 12.4 Å². The number of carbonyl (C=O) groups excluding carboxylic acids is 1. The molecule has 0 atom stereocenters. The van der Waals surface area contributed by atoms with Gasteiger partial charge in [-0.3, -0.25) is 9.78 Å². The number of nitrogens with zero attached hydrogens (tertiary/aromatic N) is 2. The minimum atomic E-state index is 0.108. The molecule has 0 saturated heterocycles. The Morgan fingerprint density at radius 3 is 2.44 bits per heavy atom. The molecule has 80 valence electrons. The van der Waals surface area contributed by atoms with E-state index >= 15 is 0 Å². The van der Waals surface area contributed by atoms with Gasteiger partial charge in [-0.05, 0) is 6.92 Å². The molecule has 2 rings (SSSR count). The number of ketones is 1. The Labute approximate surface area is 94.4 Å². The lowest BCUT2D eigenvalue weighted by Gasteiger charge is -1.98. The molecule has 0 aliphatic heterocycles. The Kier molecular flexibility index (Phi) is 3.05. The maximum Gasteiger partial charge on any atom is 0.227 e. The molecule has 3 nitrogen and oxygen atoms in total. The third kappa shape index (κ3) is 2.51. The zero-order valence-corrected chi connectivity index (χ0v) is 9.13. The number of Topliss-reactive ketones (excluding diaryl/α,β-unsaturated/α-hetero) is 1. The lowest BCUT2D eigenvalue weighted by atomic mass is 10.1. The number of hydrogen-bond acceptors (Lipinski definition) is 2. The number of rotatable bonds is 3. The highest BCUT2D eigenvalue weighted by Gasteiger charge is 2.10. The van der Waals surface area contributed by atoms with E-state index in [0.717, 1.165) is 11.1 Å². The van der Waals surface area contributed by atoms with Crippen LogP contribution in [0.2, 0.25) is 0 Å². The van der Waals surface area contributed by atoms with Gasteiger partial charge in [-0.2, -0.15) is 4.57 Å². The van der Waals surface area contributed by atoms with Crippen LogP contribution < -0.4 is 4.57 Å². The predicted molar refractivity (Wildman–Crippen MR) is 59.9 cm³/mol. The van der Waals surface area contributed by atoms with Crippen LogP contribution in [0.15, 0.2) is 49.1 Å². The van der Waals surface area contributed by atoms with Gasteiger partial charge in [0.15, 0.2) is 12.4 Å². The van der Waals surface area contributed by atoms with Gasteiger partial charge in [-0.1, -0.05) is 29.8 Å². The Morgan fingerprint density at radius 2 is 1.81 bits per heavy atom. The van der Waals surface area contributed by atoms with Crippen molar-refractivity contribution in [1.29, 1.82) is 0 Å². The highest BCUT2D eigenvalue weighted by molar-refractivity contribution is 5.95. The first kappa shape index (κ1) is 10.5. The topological polar surface area (TPSA) is 33.8 Å². The van der Waals surface area contributed by atoms with E-state index < -0.39 is 0 Å². The van der Waals surface area contributed by atoms with Crippen LogP contribution in [0.3, 0.4) is 0 Å². The molecule has 0 fully saturated rings. The van der Waals surface area contributed by atoms with E-state index in [0.29, 0.717) is 6.54 Å². The highest BCUT2D eigenvalue weighted by Crippen LogP contribution is 2.03. The molecule has 0 aliphatic carbocycles. The first-order chi connectivity index (χ1) is 7.75. The van der Waals surface area contributed by atoms with Crippen molar-refractivity contribution >= 4 is 5.78 Å². The number of aryl methyl sites for hydroxylation is 1. The Bertz CT molecular complexity index is 477. The largest absolute Gasteiger partial charge is 0.287 e. The molecule has 0 N–H and O–H groups in total. The fraction of sp³-hybridized carbons (Fsp3) is 0.154. The third-order valence-electron chi connectivity index (χ3n) is 2.39. The summed E-state index contributed by atoms with van der Waals surface area (Å²) in [4.78, 5) is 15.8. The van der Waals surface area contributed by atoms with E-state index in [2.05, 4.69) is 4.98 Å². The first-order valence-electron chi connectivity index (χ1n) is 5.14. The van der Waals surface area contributed by atoms with Gasteiger partial charge in [0.2, 0.25) is 12.3 Å². The Balaban J connectivity index is 2.12. The lowest BCUT2D eigenvalue weighted by molar-refractivity contribution is -0.683. The Hall–Kier alpha value is -2.03. The van der Waals surface area contributed by atoms with Crippen molar-refractivity contribution in [3.05, 3.63) is 60.2 Å². The summed E-state index contributed by atoms with van der Waals surface area (Å²) in [6.07, 6.45) is 6.91. The maximum atomic E-state index is 11.9. The summed E-state index contributed by atoms with van der Waals surface area (Å²) in [6, 6.07) is 7.62. The van der Waals surface area contributed by atoms with E-state index in [9.17, 15) is 4.79 Å². The van der Waals surface area contributed by atoms with E-state index in [1.54, 1.807) is 24.8 Å². The number of hydrogen-bond donors (Lipinski definition) is 0. The normalized spacial score (nSPS) is 10.1. The molecule has 3 heteroatoms. The summed E-state index contributed by atoms with van der Waals surface area (Å²) in [5, 5.41) is 0. The van der Waals surface area contributed by atoms with Gasteiger partial charge in [-0.15, -0.1) is 0 Å². The molecule has 1 aromatic heterocycles. The quantitative estimate of drug-likeness (QED) is 0.572. The summed E-state index contributed by atoms with van der Waals surface area (Å²) in [5.41, 5.74) is 1.91. The maximum absolute atomic E-state index is 11.9. The zero-order chi connectivity index (χ0) is 11.4. The van der Waals surface area contributed by atoms with Crippen molar-refractivity contribution in [3.63, 3.8) is 0 Å². The molecule has 0 unspecified atom stereocenters. The molecule has 16 heavy (non-hydrogen) atoms. The van der Waals surface area contributed by atoms with Crippen LogP contribution in [0.4, 0.5) is 0 Å². The summed E-state index contributed by atoms with van der Waals surface area (Å²) in [6.45, 7) is 2.36. The smallest absolute Gasteiger partial charge is 0.227 e. The van der Waals surface area contributed by atoms with Crippen molar-refractivity contribution in [3.8, 4) is 0 Å². The summed E-state index contributed by atoms with van der Waals surface area (Å²) in [5.74, 6) is 0.108. The van der Waals surface area contributed by atoms with Crippen LogP contribution in [-0.4, -0.2) is 10.8 Å². The second-order valence-corrected chi connectivity index (χ2v) is 3.71. The average Bonchev–Trinajstić information content (AvgIpc) is 2.31. The first-order valence-corrected chi connectivity index (χ1v) is 5.14. The summed E-state index contributed by atoms with van der Waals surface area (Å²) in [7, 11) is 0. The second kappa shape index (κ2) is 4.66. The summed E-state index contributed by atoms with van der Waals surface area (Å²) >= 11 is 0. The van der Waals surface area contributed by atoms with Gasteiger partial charge in [0.1, 0.15) is 0 Å². The van der Waals surface area contributed by atoms with Crippen molar-refractivity contribution in [1.82, 2.24) is 4.98 Å². The number of carbonyl (C=O) groups is 1. The predicted octanol–water partition coefficient (Wildman–Crippen LogP) is 1.56. The van der Waals surface area contributed by atoms with Crippen LogP contribution in [-0.2, 0) is 6.54 Å². The van der Waals surface area contributed by atoms with Crippen LogP contribution in [0.25, 0.3) is 0 Å². The van der Waals surface area contributed by atoms with Crippen molar-refractivity contribution in [2.45, 2.75) is 13.5 Å². The molecule has 0 aliphatic rings. The van der Waals surface area contributed by atoms with Crippen LogP contribution in [0.5, 0.6) is 0 Å². The molecule has 1 aromatic carbocycles. The van der Waals surface area contributed by atoms with Gasteiger partial charge in [0.25, 0.3) is 0 Å². The van der Waals surface area contributed by atoms with Gasteiger partial charge in [-0.25, -0.2) is 0 Å². The van der Waals surface area contributed by atoms with Crippen molar-refractivity contribution in [2.75, 3.05) is 0 Å². The lowest BCUT2D eigenvalue weighted by Crippen LogP contribution is -2.37. The average molecular weight is 213 g/mol. The van der Waals surface area contributed by atoms with E-state index in [1.165, 1.54) is 0 Å². The standard InChI is InChI=1S/C13H13N2O/c1-11-2-4-12(5-3-11)13(16)10-15-8-6-14-7-9-15/h2-9H,10H2,1H3/q+1. The fourth-order valence-electron chi connectivity index (χ4n) is 1.45. The Morgan fingerprint density at radius 1 is 1.19 bits per heavy atom. The highest BCUT2D eigenvalue weighted by atomic mass is 16.1. The molecular weight excluding hydrogens is 200 g/mol. The van der Waals surface area contributed by atoms with Crippen LogP contribution in [0.1, 0.15) is 15.9 Å². The minimum Gasteiger partial charge on any atom is -0.287 e. The minimum absolute atomic E-state index is 0.108. The van der Waals surface area contributed by atoms with Gasteiger partial charge >= 0.3 is 0 Å². The van der Waals surface area contributed by atoms with Gasteiger partial charge < -0.3 is 0 Å².